The Morgan fingerprint density at radius 1 is 0.402 bits per heavy atom. The van der Waals surface area contributed by atoms with Gasteiger partial charge in [0, 0.05) is 191 Å². The predicted molar refractivity (Wildman–Crippen MR) is 496 cm³/mol. The molecule has 0 radical (unpaired) electrons. The van der Waals surface area contributed by atoms with Crippen LogP contribution in [0.25, 0.3) is 62.4 Å². The monoisotopic (exact) mass is 1860 g/mol. The summed E-state index contributed by atoms with van der Waals surface area (Å²) in [7, 11) is 0. The van der Waals surface area contributed by atoms with E-state index in [9.17, 15) is 55.1 Å². The second kappa shape index (κ2) is 44.1. The quantitative estimate of drug-likeness (QED) is 0.0376. The van der Waals surface area contributed by atoms with Gasteiger partial charge in [-0.1, -0.05) is 30.3 Å². The van der Waals surface area contributed by atoms with Crippen LogP contribution < -0.4 is 24.8 Å². The first-order valence-corrected chi connectivity index (χ1v) is 46.6. The number of piperazine rings is 3. The molecule has 0 unspecified atom stereocenters. The summed E-state index contributed by atoms with van der Waals surface area (Å²) in [6, 6.07) is 37.0. The molecule has 0 bridgehead atoms. The van der Waals surface area contributed by atoms with Crippen LogP contribution in [-0.2, 0) is 61.0 Å². The number of hydrogen-bond donors (Lipinski definition) is 2. The zero-order valence-corrected chi connectivity index (χ0v) is 76.7. The van der Waals surface area contributed by atoms with Crippen molar-refractivity contribution >= 4 is 107 Å². The third-order valence-corrected chi connectivity index (χ3v) is 25.4. The Labute approximate surface area is 772 Å². The first-order valence-electron chi connectivity index (χ1n) is 44.1. The highest BCUT2D eigenvalue weighted by Crippen LogP contribution is 2.44. The van der Waals surface area contributed by atoms with E-state index in [-0.39, 0.29) is 71.6 Å². The Morgan fingerprint density at radius 3 is 1.03 bits per heavy atom. The van der Waals surface area contributed by atoms with Gasteiger partial charge in [-0.15, -0.1) is 34.0 Å². The number of aldehydes is 2. The molecular weight excluding hydrogens is 1760 g/mol. The van der Waals surface area contributed by atoms with Gasteiger partial charge < -0.3 is 44.1 Å². The molecule has 3 aliphatic heterocycles. The Morgan fingerprint density at radius 2 is 0.727 bits per heavy atom. The Kier molecular flexibility index (Phi) is 32.2. The molecule has 3 aromatic carbocycles. The van der Waals surface area contributed by atoms with E-state index in [0.29, 0.717) is 95.1 Å². The molecule has 132 heavy (non-hydrogen) atoms. The number of ketones is 3. The molecule has 0 atom stereocenters. The number of pyridine rings is 6. The number of hydrogen-bond acceptors (Lipinski definition) is 25. The van der Waals surface area contributed by atoms with Crippen molar-refractivity contribution < 1.29 is 83.6 Å². The minimum absolute atomic E-state index is 0.0966. The molecule has 12 aromatic rings. The largest absolute Gasteiger partial charge is 0.453 e. The third kappa shape index (κ3) is 28.8. The molecule has 6 aliphatic rings. The van der Waals surface area contributed by atoms with Crippen molar-refractivity contribution in [3.63, 3.8) is 0 Å². The van der Waals surface area contributed by atoms with Crippen LogP contribution in [0.1, 0.15) is 138 Å². The Hall–Kier alpha value is -11.9. The fourth-order valence-corrected chi connectivity index (χ4v) is 17.8. The molecule has 2 N–H and O–H groups in total. The molecule has 692 valence electrons. The van der Waals surface area contributed by atoms with Gasteiger partial charge in [0.25, 0.3) is 0 Å². The fourth-order valence-electron chi connectivity index (χ4n) is 14.7. The maximum Gasteiger partial charge on any atom is 0.446 e. The third-order valence-electron chi connectivity index (χ3n) is 21.9. The van der Waals surface area contributed by atoms with E-state index in [1.54, 1.807) is 95.1 Å². The lowest BCUT2D eigenvalue weighted by Gasteiger charge is -2.35. The van der Waals surface area contributed by atoms with E-state index in [2.05, 4.69) is 52.5 Å². The van der Waals surface area contributed by atoms with Crippen molar-refractivity contribution in [3.8, 4) is 66.2 Å². The molecule has 3 saturated carbocycles. The average Bonchev–Trinajstić information content (AvgIpc) is 1.65. The molecule has 2 amide bonds. The van der Waals surface area contributed by atoms with Gasteiger partial charge in [-0.05, 0) is 205 Å². The second-order valence-electron chi connectivity index (χ2n) is 35.4. The normalized spacial score (nSPS) is 15.4. The van der Waals surface area contributed by atoms with Gasteiger partial charge >= 0.3 is 18.4 Å². The van der Waals surface area contributed by atoms with Crippen LogP contribution in [0.4, 0.5) is 35.9 Å². The number of nitrogens with one attached hydrogen (secondary N) is 2. The number of alkyl halides is 3. The number of ether oxygens (including phenoxy) is 5. The number of nitrogens with zero attached hydrogens (tertiary/aromatic N) is 10. The molecular formula is C99H104F6N12O12S3. The van der Waals surface area contributed by atoms with Gasteiger partial charge in [0.05, 0.1) is 62.4 Å². The molecule has 9 aromatic heterocycles. The maximum atomic E-state index is 15.0. The first-order chi connectivity index (χ1) is 63.3. The number of aromatic nitrogens is 6. The number of rotatable bonds is 26. The van der Waals surface area contributed by atoms with Crippen LogP contribution in [0.2, 0.25) is 0 Å². The molecule has 33 heteroatoms. The maximum absolute atomic E-state index is 15.0. The fraction of sp³-hybridized carbons (Fsp3) is 0.384. The van der Waals surface area contributed by atoms with Crippen molar-refractivity contribution in [2.24, 2.45) is 17.8 Å². The van der Waals surface area contributed by atoms with Gasteiger partial charge in [-0.25, -0.2) is 22.8 Å². The van der Waals surface area contributed by atoms with Crippen LogP contribution in [0.3, 0.4) is 0 Å². The topological polar surface area (TPSA) is 280 Å². The highest BCUT2D eigenvalue weighted by Gasteiger charge is 2.31. The van der Waals surface area contributed by atoms with Gasteiger partial charge in [0.15, 0.2) is 41.0 Å². The van der Waals surface area contributed by atoms with Crippen LogP contribution in [0, 0.1) is 35.2 Å². The number of benzene rings is 3. The van der Waals surface area contributed by atoms with E-state index in [4.69, 9.17) is 38.4 Å². The average molecular weight is 1860 g/mol. The van der Waals surface area contributed by atoms with Crippen molar-refractivity contribution in [2.75, 3.05) is 78.5 Å². The SMILES string of the molecule is CC(C)(C)OC(=O)N1CCN(Cc2ccc(-c3cc4nccc(Oc5ccc(CC(=O)CC6CC6)cc5F)c4s3)nc2)CC1.CC(C)(C)OC(=O)N1CCNCC1.O=C(Cc1ccc(Oc2ccnc3cc(-c4ccc(CN5CCNCC5)cn4)sc23)c(F)c1)CC1CC1.O=CC(F)(F)F.O=Cc1ccc(-c2cc3nccc(Oc4ccc(CC(=O)CC5CC5)cc4F)c3s2)nc1. The van der Waals surface area contributed by atoms with E-state index in [1.165, 1.54) is 64.0 Å². The summed E-state index contributed by atoms with van der Waals surface area (Å²) in [5.74, 6) is 2.49. The Bertz CT molecular complexity index is 6040. The zero-order valence-electron chi connectivity index (χ0n) is 74.2. The summed E-state index contributed by atoms with van der Waals surface area (Å²) in [5, 5.41) is 6.56. The van der Waals surface area contributed by atoms with Crippen molar-refractivity contribution in [2.45, 2.75) is 149 Å². The predicted octanol–water partition coefficient (Wildman–Crippen LogP) is 20.4. The summed E-state index contributed by atoms with van der Waals surface area (Å²) < 4.78 is 107. The molecule has 0 spiro atoms. The van der Waals surface area contributed by atoms with E-state index < -0.39 is 35.5 Å². The molecule has 3 aliphatic carbocycles. The molecule has 18 rings (SSSR count). The van der Waals surface area contributed by atoms with E-state index >= 15 is 0 Å². The van der Waals surface area contributed by atoms with Crippen molar-refractivity contribution in [3.05, 3.63) is 215 Å². The summed E-state index contributed by atoms with van der Waals surface area (Å²) in [5.41, 5.74) is 8.58. The lowest BCUT2D eigenvalue weighted by Crippen LogP contribution is -2.49. The smallest absolute Gasteiger partial charge is 0.446 e. The Balaban J connectivity index is 0.000000146. The minimum Gasteiger partial charge on any atom is -0.453 e. The second-order valence-corrected chi connectivity index (χ2v) is 38.6. The number of amides is 2. The highest BCUT2D eigenvalue weighted by atomic mass is 32.1. The number of halogens is 6. The van der Waals surface area contributed by atoms with Gasteiger partial charge in [-0.2, -0.15) is 13.2 Å². The standard InChI is InChI=1S/C34H37FN4O4S.C29H29FN4O2S.C25H19FN2O3S.C9H18N2O2.C2HF3O/c1-34(2,3)43-33(41)39-14-12-38(13-15-39)21-24-6-8-27(37-20-24)31-19-28-32(44-31)30(10-11-36-28)42-29-9-7-23(18-26(29)35)17-25(40)16-22-4-5-22;30-23-15-20(14-22(35)13-19-1-2-19)4-6-26(23)36-27-7-8-32-25-16-28(37-29(25)27)24-5-3-21(17-33-24)18-34-11-9-31-10-12-34;26-19-11-16(10-18(30)9-15-1-2-15)4-6-22(19)31-23-7-8-27-21-12-24(32-25(21)23)20-5-3-17(14-29)13-28-20;1-9(2,3)13-8(12)11-6-4-10-5-7-11;3-2(4,5)1-6/h6-11,18-20,22H,4-5,12-17,21H2,1-3H3;3-8,15-17,19,31H,1-2,9-14,18H2;3-8,11-15H,1-2,9-10H2;10H,4-7H2,1-3H3;1H. The van der Waals surface area contributed by atoms with Crippen LogP contribution in [-0.4, -0.2) is 188 Å². The van der Waals surface area contributed by atoms with E-state index in [0.717, 1.165) is 186 Å². The van der Waals surface area contributed by atoms with Crippen LogP contribution in [0.15, 0.2) is 165 Å². The summed E-state index contributed by atoms with van der Waals surface area (Å²) in [6.07, 6.45) is 14.2. The van der Waals surface area contributed by atoms with Gasteiger partial charge in [0.2, 0.25) is 6.29 Å². The molecule has 12 heterocycles. The number of thiophene rings is 3. The highest BCUT2D eigenvalue weighted by molar-refractivity contribution is 7.23. The van der Waals surface area contributed by atoms with Gasteiger partial charge in [-0.3, -0.25) is 63.7 Å². The van der Waals surface area contributed by atoms with Crippen LogP contribution in [0.5, 0.6) is 34.5 Å². The summed E-state index contributed by atoms with van der Waals surface area (Å²) in [4.78, 5) is 118. The molecule has 24 nitrogen and oxygen atoms in total. The van der Waals surface area contributed by atoms with Crippen LogP contribution >= 0.6 is 34.0 Å². The number of carbonyl (C=O) groups excluding carboxylic acids is 7. The minimum atomic E-state index is -4.64. The van der Waals surface area contributed by atoms with Gasteiger partial charge in [0.1, 0.15) is 45.8 Å². The zero-order chi connectivity index (χ0) is 93.2. The van der Waals surface area contributed by atoms with Crippen molar-refractivity contribution in [1.29, 1.82) is 0 Å². The summed E-state index contributed by atoms with van der Waals surface area (Å²) in [6.45, 7) is 23.1. The molecule has 3 saturated heterocycles. The summed E-state index contributed by atoms with van der Waals surface area (Å²) >= 11 is 4.46. The van der Waals surface area contributed by atoms with Crippen molar-refractivity contribution in [1.82, 2.24) is 60.1 Å². The number of fused-ring (bicyclic) bond motifs is 3. The first kappa shape index (κ1) is 96.2. The number of Topliss-reactive ketones (excluding diaryl/α,β-unsaturated/α-hetero) is 3. The lowest BCUT2D eigenvalue weighted by atomic mass is 10.0. The molecule has 6 fully saturated rings. The number of carbonyl (C=O) groups is 7. The lowest BCUT2D eigenvalue weighted by molar-refractivity contribution is -0.156. The van der Waals surface area contributed by atoms with E-state index in [1.807, 2.05) is 84.3 Å².